The largest absolute Gasteiger partial charge is 0.497 e. The van der Waals surface area contributed by atoms with Crippen LogP contribution in [0.15, 0.2) is 24.3 Å². The van der Waals surface area contributed by atoms with E-state index in [0.717, 1.165) is 12.3 Å². The molecule has 1 fully saturated rings. The molecule has 18 heavy (non-hydrogen) atoms. The highest BCUT2D eigenvalue weighted by molar-refractivity contribution is 5.27. The molecule has 3 nitrogen and oxygen atoms in total. The molecule has 0 heterocycles. The first kappa shape index (κ1) is 13.4. The van der Waals surface area contributed by atoms with Gasteiger partial charge in [-0.1, -0.05) is 25.0 Å². The SMILES string of the molecule is COc1ccc(CN[C@@H]2CCCC[C@@H]2OC)cc1. The molecule has 2 atom stereocenters. The summed E-state index contributed by atoms with van der Waals surface area (Å²) in [6.45, 7) is 0.897. The number of nitrogens with one attached hydrogen (secondary N) is 1. The van der Waals surface area contributed by atoms with E-state index in [2.05, 4.69) is 17.4 Å². The van der Waals surface area contributed by atoms with Crippen molar-refractivity contribution >= 4 is 0 Å². The van der Waals surface area contributed by atoms with E-state index in [4.69, 9.17) is 9.47 Å². The molecule has 0 bridgehead atoms. The van der Waals surface area contributed by atoms with Crippen molar-refractivity contribution in [2.24, 2.45) is 0 Å². The van der Waals surface area contributed by atoms with Gasteiger partial charge in [0.25, 0.3) is 0 Å². The predicted octanol–water partition coefficient (Wildman–Crippen LogP) is 2.74. The smallest absolute Gasteiger partial charge is 0.118 e. The van der Waals surface area contributed by atoms with Gasteiger partial charge in [0.2, 0.25) is 0 Å². The second-order valence-corrected chi connectivity index (χ2v) is 4.89. The van der Waals surface area contributed by atoms with Crippen LogP contribution in [0.3, 0.4) is 0 Å². The van der Waals surface area contributed by atoms with Crippen molar-refractivity contribution < 1.29 is 9.47 Å². The second kappa shape index (κ2) is 6.76. The van der Waals surface area contributed by atoms with Gasteiger partial charge in [-0.25, -0.2) is 0 Å². The monoisotopic (exact) mass is 249 g/mol. The third kappa shape index (κ3) is 3.47. The summed E-state index contributed by atoms with van der Waals surface area (Å²) >= 11 is 0. The van der Waals surface area contributed by atoms with Crippen LogP contribution in [0.4, 0.5) is 0 Å². The lowest BCUT2D eigenvalue weighted by atomic mass is 9.92. The molecule has 1 aliphatic carbocycles. The molecule has 1 aromatic carbocycles. The van der Waals surface area contributed by atoms with E-state index >= 15 is 0 Å². The molecule has 1 aliphatic rings. The lowest BCUT2D eigenvalue weighted by molar-refractivity contribution is 0.0413. The zero-order valence-corrected chi connectivity index (χ0v) is 11.3. The van der Waals surface area contributed by atoms with E-state index < -0.39 is 0 Å². The minimum Gasteiger partial charge on any atom is -0.497 e. The van der Waals surface area contributed by atoms with Crippen LogP contribution in [0.25, 0.3) is 0 Å². The quantitative estimate of drug-likeness (QED) is 0.870. The maximum absolute atomic E-state index is 5.55. The van der Waals surface area contributed by atoms with Crippen LogP contribution in [0.1, 0.15) is 31.2 Å². The molecule has 100 valence electrons. The molecule has 0 saturated heterocycles. The van der Waals surface area contributed by atoms with Gasteiger partial charge in [-0.05, 0) is 30.5 Å². The third-order valence-corrected chi connectivity index (χ3v) is 3.73. The van der Waals surface area contributed by atoms with Crippen molar-refractivity contribution in [1.29, 1.82) is 0 Å². The molecule has 2 rings (SSSR count). The highest BCUT2D eigenvalue weighted by Crippen LogP contribution is 2.21. The molecule has 0 unspecified atom stereocenters. The topological polar surface area (TPSA) is 30.5 Å². The highest BCUT2D eigenvalue weighted by Gasteiger charge is 2.23. The summed E-state index contributed by atoms with van der Waals surface area (Å²) in [4.78, 5) is 0. The summed E-state index contributed by atoms with van der Waals surface area (Å²) in [5.41, 5.74) is 1.29. The first-order valence-electron chi connectivity index (χ1n) is 6.72. The van der Waals surface area contributed by atoms with Gasteiger partial charge in [0.15, 0.2) is 0 Å². The fraction of sp³-hybridized carbons (Fsp3) is 0.600. The summed E-state index contributed by atoms with van der Waals surface area (Å²) in [6.07, 6.45) is 5.36. The Labute approximate surface area is 109 Å². The van der Waals surface area contributed by atoms with Gasteiger partial charge in [-0.3, -0.25) is 0 Å². The van der Waals surface area contributed by atoms with Crippen LogP contribution in [0.5, 0.6) is 5.75 Å². The van der Waals surface area contributed by atoms with Gasteiger partial charge in [0, 0.05) is 19.7 Å². The average molecular weight is 249 g/mol. The Hall–Kier alpha value is -1.06. The third-order valence-electron chi connectivity index (χ3n) is 3.73. The summed E-state index contributed by atoms with van der Waals surface area (Å²) in [7, 11) is 3.51. The Morgan fingerprint density at radius 1 is 1.11 bits per heavy atom. The minimum absolute atomic E-state index is 0.372. The van der Waals surface area contributed by atoms with Crippen molar-refractivity contribution in [1.82, 2.24) is 5.32 Å². The Morgan fingerprint density at radius 2 is 1.83 bits per heavy atom. The number of methoxy groups -OCH3 is 2. The van der Waals surface area contributed by atoms with Crippen LogP contribution < -0.4 is 10.1 Å². The fourth-order valence-electron chi connectivity index (χ4n) is 2.60. The maximum Gasteiger partial charge on any atom is 0.118 e. The van der Waals surface area contributed by atoms with Crippen LogP contribution in [-0.2, 0) is 11.3 Å². The van der Waals surface area contributed by atoms with E-state index in [9.17, 15) is 0 Å². The molecule has 1 N–H and O–H groups in total. The molecular formula is C15H23NO2. The maximum atomic E-state index is 5.55. The Morgan fingerprint density at radius 3 is 2.50 bits per heavy atom. The van der Waals surface area contributed by atoms with Crippen molar-refractivity contribution in [2.75, 3.05) is 14.2 Å². The van der Waals surface area contributed by atoms with Crippen molar-refractivity contribution in [2.45, 2.75) is 44.4 Å². The molecular weight excluding hydrogens is 226 g/mol. The summed E-state index contributed by atoms with van der Waals surface area (Å²) < 4.78 is 10.7. The van der Waals surface area contributed by atoms with Gasteiger partial charge in [-0.15, -0.1) is 0 Å². The molecule has 0 aliphatic heterocycles. The molecule has 0 aromatic heterocycles. The molecule has 0 spiro atoms. The van der Waals surface area contributed by atoms with Gasteiger partial charge >= 0.3 is 0 Å². The van der Waals surface area contributed by atoms with Crippen molar-refractivity contribution in [3.8, 4) is 5.75 Å². The normalized spacial score (nSPS) is 23.9. The first-order chi connectivity index (χ1) is 8.83. The highest BCUT2D eigenvalue weighted by atomic mass is 16.5. The van der Waals surface area contributed by atoms with E-state index in [0.29, 0.717) is 12.1 Å². The zero-order chi connectivity index (χ0) is 12.8. The summed E-state index contributed by atoms with van der Waals surface area (Å²) in [6, 6.07) is 8.72. The van der Waals surface area contributed by atoms with Crippen molar-refractivity contribution in [3.63, 3.8) is 0 Å². The van der Waals surface area contributed by atoms with Crippen LogP contribution >= 0.6 is 0 Å². The lowest BCUT2D eigenvalue weighted by Gasteiger charge is -2.31. The van der Waals surface area contributed by atoms with Crippen LogP contribution in [0, 0.1) is 0 Å². The minimum atomic E-state index is 0.372. The predicted molar refractivity (Wildman–Crippen MR) is 72.9 cm³/mol. The van der Waals surface area contributed by atoms with E-state index in [1.807, 2.05) is 19.2 Å². The summed E-state index contributed by atoms with van der Waals surface area (Å²) in [5.74, 6) is 0.909. The lowest BCUT2D eigenvalue weighted by Crippen LogP contribution is -2.42. The van der Waals surface area contributed by atoms with Gasteiger partial charge in [0.05, 0.1) is 13.2 Å². The zero-order valence-electron chi connectivity index (χ0n) is 11.3. The van der Waals surface area contributed by atoms with Crippen molar-refractivity contribution in [3.05, 3.63) is 29.8 Å². The van der Waals surface area contributed by atoms with E-state index in [1.165, 1.54) is 31.2 Å². The van der Waals surface area contributed by atoms with Crippen LogP contribution in [-0.4, -0.2) is 26.4 Å². The van der Waals surface area contributed by atoms with E-state index in [1.54, 1.807) is 7.11 Å². The van der Waals surface area contributed by atoms with Gasteiger partial charge in [0.1, 0.15) is 5.75 Å². The number of rotatable bonds is 5. The number of hydrogen-bond donors (Lipinski definition) is 1. The van der Waals surface area contributed by atoms with Gasteiger partial charge in [-0.2, -0.15) is 0 Å². The Balaban J connectivity index is 1.85. The first-order valence-corrected chi connectivity index (χ1v) is 6.72. The number of hydrogen-bond acceptors (Lipinski definition) is 3. The molecule has 1 aromatic rings. The number of benzene rings is 1. The fourth-order valence-corrected chi connectivity index (χ4v) is 2.60. The molecule has 0 amide bonds. The average Bonchev–Trinajstić information content (AvgIpc) is 2.46. The standard InChI is InChI=1S/C15H23NO2/c1-17-13-9-7-12(8-10-13)11-16-14-5-3-4-6-15(14)18-2/h7-10,14-16H,3-6,11H2,1-2H3/t14-,15+/m1/s1. The Bertz CT molecular complexity index is 350. The molecule has 3 heteroatoms. The van der Waals surface area contributed by atoms with E-state index in [-0.39, 0.29) is 0 Å². The number of ether oxygens (including phenoxy) is 2. The molecule has 1 saturated carbocycles. The Kier molecular flexibility index (Phi) is 5.02. The van der Waals surface area contributed by atoms with Gasteiger partial charge < -0.3 is 14.8 Å². The second-order valence-electron chi connectivity index (χ2n) is 4.89. The summed E-state index contributed by atoms with van der Waals surface area (Å²) in [5, 5.41) is 3.61. The molecule has 0 radical (unpaired) electrons. The van der Waals surface area contributed by atoms with Crippen LogP contribution in [0.2, 0.25) is 0 Å².